The Kier molecular flexibility index (Phi) is 16.9. The third kappa shape index (κ3) is 13.2. The van der Waals surface area contributed by atoms with Crippen molar-refractivity contribution in [2.75, 3.05) is 14.7 Å². The highest BCUT2D eigenvalue weighted by molar-refractivity contribution is 6.19. The summed E-state index contributed by atoms with van der Waals surface area (Å²) in [4.78, 5) is 69.3. The van der Waals surface area contributed by atoms with Gasteiger partial charge in [-0.3, -0.25) is 44.0 Å². The van der Waals surface area contributed by atoms with Crippen molar-refractivity contribution in [2.45, 2.75) is 41.5 Å². The molecule has 3 aromatic heterocycles. The van der Waals surface area contributed by atoms with Crippen molar-refractivity contribution in [1.29, 1.82) is 0 Å². The molecule has 13 aromatic rings. The zero-order valence-corrected chi connectivity index (χ0v) is 52.6. The Labute approximate surface area is 543 Å². The van der Waals surface area contributed by atoms with E-state index in [1.54, 1.807) is 51.5 Å². The lowest BCUT2D eigenvalue weighted by atomic mass is 9.99. The summed E-state index contributed by atoms with van der Waals surface area (Å²) >= 11 is 0. The average Bonchev–Trinajstić information content (AvgIpc) is 0.845. The van der Waals surface area contributed by atoms with E-state index in [-0.39, 0.29) is 16.7 Å². The summed E-state index contributed by atoms with van der Waals surface area (Å²) in [6.45, 7) is 12.4. The lowest BCUT2D eigenvalue weighted by molar-refractivity contribution is 0.0998. The van der Waals surface area contributed by atoms with Crippen molar-refractivity contribution in [2.24, 2.45) is 0 Å². The molecule has 0 unspecified atom stereocenters. The summed E-state index contributed by atoms with van der Waals surface area (Å²) in [5, 5.41) is 0. The molecule has 9 nitrogen and oxygen atoms in total. The SMILES string of the molecule is Cc1cc(C)cc(-c2ccc(N(C(=O)c3cc(C(=O)N(c4ccc(-c5cc(C)cc(C)c5)nc4)c4cccc(-c5ccccc5)c4)cc(C(=O)N(c4ccc(-c5cc(C)cc(C)c5)nc4)c4cccc(-c5ccccc5)c4)c3)c3cccc(-c4ccccc4)c3)cn2)c1. The molecule has 10 aromatic carbocycles. The number of rotatable bonds is 15. The number of aromatic nitrogens is 3. The summed E-state index contributed by atoms with van der Waals surface area (Å²) in [6, 6.07) is 88.5. The average molecular weight is 1210 g/mol. The van der Waals surface area contributed by atoms with Gasteiger partial charge in [-0.15, -0.1) is 0 Å². The quantitative estimate of drug-likeness (QED) is 0.101. The third-order valence-electron chi connectivity index (χ3n) is 16.5. The minimum atomic E-state index is -0.515. The Morgan fingerprint density at radius 3 is 0.710 bits per heavy atom. The Morgan fingerprint density at radius 2 is 0.473 bits per heavy atom. The lowest BCUT2D eigenvalue weighted by Gasteiger charge is -2.27. The van der Waals surface area contributed by atoms with Crippen LogP contribution in [0.1, 0.15) is 64.5 Å². The molecule has 0 bridgehead atoms. The van der Waals surface area contributed by atoms with Crippen LogP contribution in [0.15, 0.2) is 292 Å². The molecule has 3 heterocycles. The van der Waals surface area contributed by atoms with Crippen LogP contribution in [-0.2, 0) is 0 Å². The van der Waals surface area contributed by atoms with E-state index < -0.39 is 17.7 Å². The monoisotopic (exact) mass is 1210 g/mol. The molecule has 0 saturated heterocycles. The molecule has 9 heteroatoms. The molecule has 0 radical (unpaired) electrons. The van der Waals surface area contributed by atoms with E-state index >= 15 is 14.4 Å². The molecule has 0 aliphatic heterocycles. The second kappa shape index (κ2) is 26.3. The van der Waals surface area contributed by atoms with E-state index in [1.165, 1.54) is 0 Å². The predicted octanol–water partition coefficient (Wildman–Crippen LogP) is 20.7. The standard InChI is InChI=1S/C84H66N6O3/c1-55-37-56(2)41-67(40-55)79-34-31-76(52-85-79)88(73-28-16-25-64(49-73)61-19-10-7-11-20-61)82(91)70-46-71(83(92)89(74-29-17-26-65(50-74)62-21-12-8-13-22-62)77-32-35-80(86-53-77)68-42-57(3)38-58(4)43-68)48-72(47-70)84(93)90(75-30-18-27-66(51-75)63-23-14-9-15-24-63)78-33-36-81(87-54-78)69-44-59(5)39-60(6)45-69/h7-54H,1-6H3. The number of carbonyl (C=O) groups is 3. The van der Waals surface area contributed by atoms with Gasteiger partial charge in [0.25, 0.3) is 17.7 Å². The highest BCUT2D eigenvalue weighted by Gasteiger charge is 2.30. The molecular formula is C84H66N6O3. The summed E-state index contributed by atoms with van der Waals surface area (Å²) in [5.41, 5.74) is 20.3. The third-order valence-corrected chi connectivity index (χ3v) is 16.5. The van der Waals surface area contributed by atoms with Gasteiger partial charge in [0.15, 0.2) is 0 Å². The van der Waals surface area contributed by atoms with Gasteiger partial charge in [0.1, 0.15) is 0 Å². The summed E-state index contributed by atoms with van der Waals surface area (Å²) in [6.07, 6.45) is 5.11. The molecular weight excluding hydrogens is 1140 g/mol. The van der Waals surface area contributed by atoms with Crippen molar-refractivity contribution < 1.29 is 14.4 Å². The number of hydrogen-bond acceptors (Lipinski definition) is 6. The molecule has 0 aliphatic rings. The molecule has 0 saturated carbocycles. The first-order valence-corrected chi connectivity index (χ1v) is 31.0. The smallest absolute Gasteiger partial charge is 0.262 e. The van der Waals surface area contributed by atoms with Crippen LogP contribution in [0.2, 0.25) is 0 Å². The van der Waals surface area contributed by atoms with E-state index in [4.69, 9.17) is 15.0 Å². The van der Waals surface area contributed by atoms with Gasteiger partial charge >= 0.3 is 0 Å². The van der Waals surface area contributed by atoms with Crippen LogP contribution in [-0.4, -0.2) is 32.7 Å². The number of amides is 3. The molecule has 450 valence electrons. The van der Waals surface area contributed by atoms with Crippen LogP contribution in [0.4, 0.5) is 34.1 Å². The number of pyridine rings is 3. The van der Waals surface area contributed by atoms with Crippen molar-refractivity contribution in [3.05, 3.63) is 342 Å². The maximum atomic E-state index is 16.5. The highest BCUT2D eigenvalue weighted by Crippen LogP contribution is 2.38. The number of aryl methyl sites for hydroxylation is 6. The van der Waals surface area contributed by atoms with Crippen LogP contribution in [0.5, 0.6) is 0 Å². The van der Waals surface area contributed by atoms with Crippen molar-refractivity contribution in [3.8, 4) is 67.2 Å². The Balaban J connectivity index is 1.01. The topological polar surface area (TPSA) is 99.6 Å². The molecule has 0 atom stereocenters. The van der Waals surface area contributed by atoms with E-state index in [9.17, 15) is 0 Å². The second-order valence-corrected chi connectivity index (χ2v) is 23.8. The van der Waals surface area contributed by atoms with Crippen LogP contribution in [0, 0.1) is 41.5 Å². The number of carbonyl (C=O) groups excluding carboxylic acids is 3. The Bertz CT molecular complexity index is 4350. The largest absolute Gasteiger partial charge is 0.275 e. The minimum Gasteiger partial charge on any atom is -0.275 e. The van der Waals surface area contributed by atoms with E-state index in [0.717, 1.165) is 101 Å². The number of benzene rings is 10. The predicted molar refractivity (Wildman–Crippen MR) is 379 cm³/mol. The summed E-state index contributed by atoms with van der Waals surface area (Å²) in [5.74, 6) is -1.54. The van der Waals surface area contributed by atoms with Gasteiger partial charge in [0.05, 0.1) is 52.7 Å². The first-order valence-electron chi connectivity index (χ1n) is 31.0. The van der Waals surface area contributed by atoms with Crippen LogP contribution in [0.3, 0.4) is 0 Å². The summed E-state index contributed by atoms with van der Waals surface area (Å²) in [7, 11) is 0. The Morgan fingerprint density at radius 1 is 0.226 bits per heavy atom. The van der Waals surface area contributed by atoms with E-state index in [1.807, 2.05) is 200 Å². The fourth-order valence-electron chi connectivity index (χ4n) is 12.3. The maximum Gasteiger partial charge on any atom is 0.262 e. The van der Waals surface area contributed by atoms with Crippen LogP contribution in [0.25, 0.3) is 67.2 Å². The molecule has 93 heavy (non-hydrogen) atoms. The first-order chi connectivity index (χ1) is 45.2. The normalized spacial score (nSPS) is 11.0. The lowest BCUT2D eigenvalue weighted by Crippen LogP contribution is -2.31. The van der Waals surface area contributed by atoms with Gasteiger partial charge in [-0.2, -0.15) is 0 Å². The van der Waals surface area contributed by atoms with Gasteiger partial charge < -0.3 is 0 Å². The van der Waals surface area contributed by atoms with E-state index in [2.05, 4.69) is 96.1 Å². The van der Waals surface area contributed by atoms with Crippen molar-refractivity contribution >= 4 is 51.8 Å². The number of anilines is 6. The minimum absolute atomic E-state index is 0.0650. The second-order valence-electron chi connectivity index (χ2n) is 23.8. The van der Waals surface area contributed by atoms with Gasteiger partial charge in [-0.05, 0) is 202 Å². The Hall–Kier alpha value is -11.9. The zero-order chi connectivity index (χ0) is 64.1. The van der Waals surface area contributed by atoms with Gasteiger partial charge in [-0.25, -0.2) is 0 Å². The highest BCUT2D eigenvalue weighted by atomic mass is 16.2. The first kappa shape index (κ1) is 60.0. The molecule has 0 spiro atoms. The van der Waals surface area contributed by atoms with Crippen molar-refractivity contribution in [1.82, 2.24) is 15.0 Å². The van der Waals surface area contributed by atoms with Gasteiger partial charge in [-0.1, -0.05) is 179 Å². The number of hydrogen-bond donors (Lipinski definition) is 0. The zero-order valence-electron chi connectivity index (χ0n) is 52.6. The van der Waals surface area contributed by atoms with Crippen LogP contribution < -0.4 is 14.7 Å². The molecule has 0 aliphatic carbocycles. The molecule has 13 rings (SSSR count). The molecule has 0 N–H and O–H groups in total. The fraction of sp³-hybridized carbons (Fsp3) is 0.0714. The molecule has 0 fully saturated rings. The summed E-state index contributed by atoms with van der Waals surface area (Å²) < 4.78 is 0. The van der Waals surface area contributed by atoms with Gasteiger partial charge in [0.2, 0.25) is 0 Å². The maximum absolute atomic E-state index is 16.5. The van der Waals surface area contributed by atoms with Gasteiger partial charge in [0, 0.05) is 50.4 Å². The van der Waals surface area contributed by atoms with Crippen molar-refractivity contribution in [3.63, 3.8) is 0 Å². The number of nitrogens with zero attached hydrogens (tertiary/aromatic N) is 6. The fourth-order valence-corrected chi connectivity index (χ4v) is 12.3. The van der Waals surface area contributed by atoms with Crippen LogP contribution >= 0.6 is 0 Å². The van der Waals surface area contributed by atoms with E-state index in [0.29, 0.717) is 34.1 Å². The molecule has 3 amide bonds.